The number of hydrogen-bond donors (Lipinski definition) is 1. The first-order chi connectivity index (χ1) is 16.0. The van der Waals surface area contributed by atoms with Gasteiger partial charge in [-0.1, -0.05) is 30.3 Å². The Hall–Kier alpha value is -2.36. The molecule has 1 N–H and O–H groups in total. The molecule has 2 aromatic carbocycles. The summed E-state index contributed by atoms with van der Waals surface area (Å²) in [6.45, 7) is 4.18. The van der Waals surface area contributed by atoms with Gasteiger partial charge in [-0.2, -0.15) is 0 Å². The molecule has 0 saturated carbocycles. The van der Waals surface area contributed by atoms with Crippen LogP contribution in [-0.2, 0) is 20.8 Å². The lowest BCUT2D eigenvalue weighted by molar-refractivity contribution is -0.0605. The van der Waals surface area contributed by atoms with Crippen molar-refractivity contribution in [2.75, 3.05) is 59.7 Å². The van der Waals surface area contributed by atoms with Gasteiger partial charge in [-0.25, -0.2) is 4.39 Å². The Balaban J connectivity index is 1.48. The molecule has 1 fully saturated rings. The van der Waals surface area contributed by atoms with Gasteiger partial charge in [0.15, 0.2) is 0 Å². The van der Waals surface area contributed by atoms with Crippen molar-refractivity contribution < 1.29 is 28.5 Å². The molecule has 2 atom stereocenters. The van der Waals surface area contributed by atoms with Gasteiger partial charge in [0, 0.05) is 45.4 Å². The highest BCUT2D eigenvalue weighted by atomic mass is 19.1. The van der Waals surface area contributed by atoms with Gasteiger partial charge in [-0.3, -0.25) is 9.69 Å². The number of halogens is 1. The number of aliphatic hydroxyl groups excluding tert-OH is 1. The highest BCUT2D eigenvalue weighted by molar-refractivity contribution is 5.94. The van der Waals surface area contributed by atoms with Crippen LogP contribution in [-0.4, -0.2) is 92.7 Å². The summed E-state index contributed by atoms with van der Waals surface area (Å²) in [6, 6.07) is 15.4. The first kappa shape index (κ1) is 25.3. The minimum absolute atomic E-state index is 0.192. The number of β-amino-alcohol motifs (C(OH)–C–C–N with tert-alkyl or cyclic N) is 1. The number of carbonyl (C=O) groups excluding carboxylic acids is 1. The smallest absolute Gasteiger partial charge is 0.254 e. The van der Waals surface area contributed by atoms with E-state index < -0.39 is 6.10 Å². The molecular formula is C25H33FN2O5. The van der Waals surface area contributed by atoms with E-state index >= 15 is 0 Å². The zero-order valence-corrected chi connectivity index (χ0v) is 19.1. The Labute approximate surface area is 194 Å². The first-order valence-electron chi connectivity index (χ1n) is 11.2. The molecule has 2 aromatic rings. The fourth-order valence-electron chi connectivity index (χ4n) is 3.79. The summed E-state index contributed by atoms with van der Waals surface area (Å²) < 4.78 is 29.9. The van der Waals surface area contributed by atoms with E-state index in [9.17, 15) is 14.3 Å². The fraction of sp³-hybridized carbons (Fsp3) is 0.480. The highest BCUT2D eigenvalue weighted by Crippen LogP contribution is 2.12. The summed E-state index contributed by atoms with van der Waals surface area (Å²) in [4.78, 5) is 16.7. The summed E-state index contributed by atoms with van der Waals surface area (Å²) in [5, 5.41) is 10.4. The van der Waals surface area contributed by atoms with Gasteiger partial charge < -0.3 is 24.2 Å². The lowest BCUT2D eigenvalue weighted by atomic mass is 10.1. The largest absolute Gasteiger partial charge is 0.389 e. The number of rotatable bonds is 12. The van der Waals surface area contributed by atoms with E-state index in [1.165, 1.54) is 24.3 Å². The van der Waals surface area contributed by atoms with Crippen LogP contribution >= 0.6 is 0 Å². The van der Waals surface area contributed by atoms with E-state index in [0.29, 0.717) is 58.1 Å². The Bertz CT molecular complexity index is 836. The number of ether oxygens (including phenoxy) is 3. The topological polar surface area (TPSA) is 71.5 Å². The molecule has 1 aliphatic heterocycles. The van der Waals surface area contributed by atoms with E-state index in [1.54, 1.807) is 12.0 Å². The standard InChI is InChI=1S/C25H33FN2O5/c1-31-13-12-28(25(30)21-7-9-22(26)10-8-21)17-24-16-27(11-14-33-24)15-23(29)19-32-18-20-5-3-2-4-6-20/h2-10,23-24,29H,11-19H2,1H3. The second-order valence-corrected chi connectivity index (χ2v) is 8.16. The van der Waals surface area contributed by atoms with Crippen LogP contribution in [0.1, 0.15) is 15.9 Å². The average molecular weight is 461 g/mol. The SMILES string of the molecule is COCCN(CC1CN(CC(O)COCc2ccccc2)CCO1)C(=O)c1ccc(F)cc1. The maximum absolute atomic E-state index is 13.2. The minimum atomic E-state index is -0.613. The molecule has 1 heterocycles. The molecule has 33 heavy (non-hydrogen) atoms. The van der Waals surface area contributed by atoms with Crippen molar-refractivity contribution in [2.24, 2.45) is 0 Å². The van der Waals surface area contributed by atoms with Gasteiger partial charge in [0.2, 0.25) is 0 Å². The minimum Gasteiger partial charge on any atom is -0.389 e. The van der Waals surface area contributed by atoms with E-state index in [-0.39, 0.29) is 24.4 Å². The van der Waals surface area contributed by atoms with Gasteiger partial charge in [-0.15, -0.1) is 0 Å². The van der Waals surface area contributed by atoms with Crippen LogP contribution in [0, 0.1) is 5.82 Å². The van der Waals surface area contributed by atoms with E-state index in [1.807, 2.05) is 30.3 Å². The third-order valence-corrected chi connectivity index (χ3v) is 5.48. The van der Waals surface area contributed by atoms with Crippen LogP contribution in [0.25, 0.3) is 0 Å². The molecule has 0 bridgehead atoms. The zero-order chi connectivity index (χ0) is 23.5. The molecule has 1 amide bonds. The molecule has 0 spiro atoms. The van der Waals surface area contributed by atoms with Gasteiger partial charge >= 0.3 is 0 Å². The molecule has 180 valence electrons. The molecule has 0 radical (unpaired) electrons. The number of amides is 1. The summed E-state index contributed by atoms with van der Waals surface area (Å²) in [5.41, 5.74) is 1.49. The third kappa shape index (κ3) is 8.49. The van der Waals surface area contributed by atoms with Crippen LogP contribution in [0.15, 0.2) is 54.6 Å². The van der Waals surface area contributed by atoms with Crippen molar-refractivity contribution in [3.05, 3.63) is 71.5 Å². The molecule has 1 aliphatic rings. The number of benzene rings is 2. The number of aliphatic hydroxyl groups is 1. The number of methoxy groups -OCH3 is 1. The van der Waals surface area contributed by atoms with Gasteiger partial charge in [0.25, 0.3) is 5.91 Å². The second kappa shape index (κ2) is 13.4. The third-order valence-electron chi connectivity index (χ3n) is 5.48. The number of hydrogen-bond acceptors (Lipinski definition) is 6. The molecule has 8 heteroatoms. The molecule has 0 aromatic heterocycles. The Morgan fingerprint density at radius 3 is 2.73 bits per heavy atom. The van der Waals surface area contributed by atoms with Gasteiger partial charge in [-0.05, 0) is 29.8 Å². The van der Waals surface area contributed by atoms with Crippen LogP contribution in [0.3, 0.4) is 0 Å². The van der Waals surface area contributed by atoms with Gasteiger partial charge in [0.05, 0.1) is 38.6 Å². The van der Waals surface area contributed by atoms with Crippen molar-refractivity contribution in [3.8, 4) is 0 Å². The zero-order valence-electron chi connectivity index (χ0n) is 19.1. The van der Waals surface area contributed by atoms with E-state index in [2.05, 4.69) is 4.90 Å². The fourth-order valence-corrected chi connectivity index (χ4v) is 3.79. The van der Waals surface area contributed by atoms with Crippen molar-refractivity contribution in [2.45, 2.75) is 18.8 Å². The van der Waals surface area contributed by atoms with Crippen LogP contribution in [0.2, 0.25) is 0 Å². The quantitative estimate of drug-likeness (QED) is 0.524. The van der Waals surface area contributed by atoms with Crippen molar-refractivity contribution in [3.63, 3.8) is 0 Å². The molecular weight excluding hydrogens is 427 g/mol. The maximum atomic E-state index is 13.2. The Morgan fingerprint density at radius 2 is 2.00 bits per heavy atom. The van der Waals surface area contributed by atoms with E-state index in [4.69, 9.17) is 14.2 Å². The summed E-state index contributed by atoms with van der Waals surface area (Å²) in [7, 11) is 1.58. The van der Waals surface area contributed by atoms with Crippen LogP contribution in [0.5, 0.6) is 0 Å². The number of morpholine rings is 1. The molecule has 2 unspecified atom stereocenters. The van der Waals surface area contributed by atoms with Gasteiger partial charge in [0.1, 0.15) is 5.82 Å². The lowest BCUT2D eigenvalue weighted by Crippen LogP contribution is -2.51. The molecule has 3 rings (SSSR count). The number of nitrogens with zero attached hydrogens (tertiary/aromatic N) is 2. The predicted molar refractivity (Wildman–Crippen MR) is 122 cm³/mol. The second-order valence-electron chi connectivity index (χ2n) is 8.16. The summed E-state index contributed by atoms with van der Waals surface area (Å²) in [5.74, 6) is -0.574. The van der Waals surface area contributed by atoms with E-state index in [0.717, 1.165) is 5.56 Å². The monoisotopic (exact) mass is 460 g/mol. The van der Waals surface area contributed by atoms with Crippen LogP contribution in [0.4, 0.5) is 4.39 Å². The molecule has 0 aliphatic carbocycles. The summed E-state index contributed by atoms with van der Waals surface area (Å²) in [6.07, 6.45) is -0.810. The average Bonchev–Trinajstić information content (AvgIpc) is 2.83. The Kier molecular flexibility index (Phi) is 10.2. The Morgan fingerprint density at radius 1 is 1.24 bits per heavy atom. The highest BCUT2D eigenvalue weighted by Gasteiger charge is 2.26. The first-order valence-corrected chi connectivity index (χ1v) is 11.2. The van der Waals surface area contributed by atoms with Crippen molar-refractivity contribution in [1.82, 2.24) is 9.80 Å². The van der Waals surface area contributed by atoms with Crippen molar-refractivity contribution >= 4 is 5.91 Å². The lowest BCUT2D eigenvalue weighted by Gasteiger charge is -2.36. The predicted octanol–water partition coefficient (Wildman–Crippen LogP) is 2.19. The van der Waals surface area contributed by atoms with Crippen molar-refractivity contribution in [1.29, 1.82) is 0 Å². The number of carbonyl (C=O) groups is 1. The normalized spacial score (nSPS) is 17.6. The van der Waals surface area contributed by atoms with Crippen LogP contribution < -0.4 is 0 Å². The molecule has 1 saturated heterocycles. The summed E-state index contributed by atoms with van der Waals surface area (Å²) >= 11 is 0. The molecule has 7 nitrogen and oxygen atoms in total. The maximum Gasteiger partial charge on any atom is 0.254 e.